The summed E-state index contributed by atoms with van der Waals surface area (Å²) in [5, 5.41) is 4.84. The van der Waals surface area contributed by atoms with Crippen molar-refractivity contribution in [2.24, 2.45) is 5.73 Å². The predicted octanol–water partition coefficient (Wildman–Crippen LogP) is 3.80. The predicted molar refractivity (Wildman–Crippen MR) is 134 cm³/mol. The Morgan fingerprint density at radius 2 is 1.79 bits per heavy atom. The normalized spacial score (nSPS) is 12.1. The molecule has 1 unspecified atom stereocenters. The Bertz CT molecular complexity index is 1310. The number of carbonyl (C=O) groups excluding carboxylic acids is 1. The van der Waals surface area contributed by atoms with Crippen LogP contribution in [0.15, 0.2) is 77.7 Å². The van der Waals surface area contributed by atoms with Crippen molar-refractivity contribution in [2.75, 3.05) is 13.1 Å². The Kier molecular flexibility index (Phi) is 7.23. The number of amides is 1. The summed E-state index contributed by atoms with van der Waals surface area (Å²) in [5.41, 5.74) is 8.90. The second-order valence-electron chi connectivity index (χ2n) is 8.50. The van der Waals surface area contributed by atoms with Gasteiger partial charge in [0.25, 0.3) is 11.5 Å². The third-order valence-corrected chi connectivity index (χ3v) is 6.09. The molecular formula is C27H31N5O2. The van der Waals surface area contributed by atoms with Crippen LogP contribution in [0.5, 0.6) is 0 Å². The van der Waals surface area contributed by atoms with Gasteiger partial charge in [0.05, 0.1) is 12.6 Å². The van der Waals surface area contributed by atoms with Gasteiger partial charge in [0.2, 0.25) is 0 Å². The van der Waals surface area contributed by atoms with Crippen molar-refractivity contribution in [1.82, 2.24) is 19.1 Å². The highest BCUT2D eigenvalue weighted by atomic mass is 16.2. The van der Waals surface area contributed by atoms with E-state index < -0.39 is 0 Å². The van der Waals surface area contributed by atoms with Crippen molar-refractivity contribution in [3.63, 3.8) is 0 Å². The van der Waals surface area contributed by atoms with Crippen LogP contribution in [0.3, 0.4) is 0 Å². The monoisotopic (exact) mass is 457 g/mol. The van der Waals surface area contributed by atoms with Crippen molar-refractivity contribution < 1.29 is 4.79 Å². The molecule has 0 spiro atoms. The summed E-state index contributed by atoms with van der Waals surface area (Å²) < 4.78 is 3.32. The van der Waals surface area contributed by atoms with Crippen LogP contribution in [0.4, 0.5) is 0 Å². The molecule has 34 heavy (non-hydrogen) atoms. The minimum Gasteiger partial charge on any atom is -0.330 e. The Labute approximate surface area is 199 Å². The molecule has 4 rings (SSSR count). The van der Waals surface area contributed by atoms with Gasteiger partial charge in [-0.2, -0.15) is 5.10 Å². The topological polar surface area (TPSA) is 85.6 Å². The lowest BCUT2D eigenvalue weighted by molar-refractivity contribution is 0.0654. The molecule has 0 aliphatic rings. The molecular weight excluding hydrogens is 426 g/mol. The highest BCUT2D eigenvalue weighted by Crippen LogP contribution is 2.25. The first kappa shape index (κ1) is 23.4. The van der Waals surface area contributed by atoms with Gasteiger partial charge in [0, 0.05) is 18.3 Å². The third-order valence-electron chi connectivity index (χ3n) is 6.09. The molecule has 0 bridgehead atoms. The second kappa shape index (κ2) is 10.5. The van der Waals surface area contributed by atoms with E-state index in [1.807, 2.05) is 79.4 Å². The number of nitrogens with two attached hydrogens (primary N) is 1. The van der Waals surface area contributed by atoms with Gasteiger partial charge in [-0.25, -0.2) is 4.52 Å². The first-order chi connectivity index (χ1) is 16.5. The van der Waals surface area contributed by atoms with E-state index in [0.717, 1.165) is 11.1 Å². The van der Waals surface area contributed by atoms with Crippen LogP contribution in [0.1, 0.15) is 53.1 Å². The van der Waals surface area contributed by atoms with Gasteiger partial charge in [0.15, 0.2) is 5.82 Å². The maximum atomic E-state index is 13.7. The molecule has 7 heteroatoms. The molecule has 2 aromatic carbocycles. The van der Waals surface area contributed by atoms with E-state index in [1.165, 1.54) is 0 Å². The molecule has 1 atom stereocenters. The molecule has 2 heterocycles. The number of nitrogens with zero attached hydrogens (tertiary/aromatic N) is 4. The summed E-state index contributed by atoms with van der Waals surface area (Å²) >= 11 is 0. The van der Waals surface area contributed by atoms with E-state index in [4.69, 9.17) is 10.8 Å². The minimum atomic E-state index is -0.386. The smallest absolute Gasteiger partial charge is 0.278 e. The van der Waals surface area contributed by atoms with E-state index in [1.54, 1.807) is 21.3 Å². The Morgan fingerprint density at radius 3 is 2.47 bits per heavy atom. The Balaban J connectivity index is 1.84. The zero-order valence-corrected chi connectivity index (χ0v) is 19.7. The first-order valence-electron chi connectivity index (χ1n) is 11.7. The maximum absolute atomic E-state index is 13.7. The van der Waals surface area contributed by atoms with Gasteiger partial charge < -0.3 is 10.6 Å². The van der Waals surface area contributed by atoms with Crippen molar-refractivity contribution in [1.29, 1.82) is 0 Å². The number of benzene rings is 2. The number of rotatable bonds is 9. The van der Waals surface area contributed by atoms with Crippen LogP contribution < -0.4 is 11.3 Å². The number of hydrogen-bond acceptors (Lipinski definition) is 4. The van der Waals surface area contributed by atoms with Crippen LogP contribution in [0.25, 0.3) is 5.52 Å². The number of fused-ring (bicyclic) bond motifs is 1. The first-order valence-corrected chi connectivity index (χ1v) is 11.7. The van der Waals surface area contributed by atoms with Gasteiger partial charge in [0.1, 0.15) is 5.52 Å². The summed E-state index contributed by atoms with van der Waals surface area (Å²) in [6.07, 6.45) is 3.03. The summed E-state index contributed by atoms with van der Waals surface area (Å²) in [6.45, 7) is 5.33. The fourth-order valence-electron chi connectivity index (χ4n) is 4.27. The number of hydrogen-bond donors (Lipinski definition) is 1. The zero-order chi connectivity index (χ0) is 24.1. The number of aryl methyl sites for hydroxylation is 1. The van der Waals surface area contributed by atoms with E-state index in [9.17, 15) is 9.59 Å². The fraction of sp³-hybridized carbons (Fsp3) is 0.296. The summed E-state index contributed by atoms with van der Waals surface area (Å²) in [6, 6.07) is 20.6. The highest BCUT2D eigenvalue weighted by Gasteiger charge is 2.29. The second-order valence-corrected chi connectivity index (χ2v) is 8.50. The van der Waals surface area contributed by atoms with Gasteiger partial charge in [-0.1, -0.05) is 55.0 Å². The average Bonchev–Trinajstić information content (AvgIpc) is 3.33. The van der Waals surface area contributed by atoms with Crippen LogP contribution in [0.2, 0.25) is 0 Å². The lowest BCUT2D eigenvalue weighted by Crippen LogP contribution is -2.40. The molecule has 0 saturated carbocycles. The van der Waals surface area contributed by atoms with Crippen LogP contribution in [0, 0.1) is 6.92 Å². The van der Waals surface area contributed by atoms with Crippen molar-refractivity contribution in [3.8, 4) is 0 Å². The third kappa shape index (κ3) is 4.79. The molecule has 1 amide bonds. The molecule has 4 aromatic rings. The van der Waals surface area contributed by atoms with Gasteiger partial charge in [-0.3, -0.25) is 14.2 Å². The zero-order valence-electron chi connectivity index (χ0n) is 19.7. The molecule has 0 aliphatic heterocycles. The molecule has 0 radical (unpaired) electrons. The molecule has 2 aromatic heterocycles. The van der Waals surface area contributed by atoms with E-state index in [-0.39, 0.29) is 17.5 Å². The molecule has 0 fully saturated rings. The molecule has 176 valence electrons. The highest BCUT2D eigenvalue weighted by molar-refractivity contribution is 5.94. The van der Waals surface area contributed by atoms with Crippen molar-refractivity contribution in [2.45, 2.75) is 39.3 Å². The van der Waals surface area contributed by atoms with Gasteiger partial charge >= 0.3 is 0 Å². The number of carbonyl (C=O) groups is 1. The molecule has 0 aliphatic carbocycles. The SMILES string of the molecule is CCC(c1nn2cccc2c(=O)n1Cc1ccccc1)N(CCCN)C(=O)c1ccc(C)cc1. The van der Waals surface area contributed by atoms with Crippen LogP contribution in [-0.4, -0.2) is 38.1 Å². The fourth-order valence-corrected chi connectivity index (χ4v) is 4.27. The van der Waals surface area contributed by atoms with Gasteiger partial charge in [-0.05, 0) is 56.1 Å². The Hall–Kier alpha value is -3.71. The average molecular weight is 458 g/mol. The van der Waals surface area contributed by atoms with Gasteiger partial charge in [-0.15, -0.1) is 0 Å². The standard InChI is InChI=1S/C27H31N5O2/c1-3-23(30(17-8-16-28)26(33)22-14-12-20(2)13-15-22)25-29-32-18-7-11-24(32)27(34)31(25)19-21-9-5-4-6-10-21/h4-7,9-15,18,23H,3,8,16-17,19,28H2,1-2H3. The quantitative estimate of drug-likeness (QED) is 0.414. The van der Waals surface area contributed by atoms with E-state index >= 15 is 0 Å². The summed E-state index contributed by atoms with van der Waals surface area (Å²) in [4.78, 5) is 29.0. The van der Waals surface area contributed by atoms with Crippen molar-refractivity contribution >= 4 is 11.4 Å². The Morgan fingerprint density at radius 1 is 1.06 bits per heavy atom. The maximum Gasteiger partial charge on any atom is 0.278 e. The summed E-state index contributed by atoms with van der Waals surface area (Å²) in [7, 11) is 0. The van der Waals surface area contributed by atoms with Crippen molar-refractivity contribution in [3.05, 3.63) is 106 Å². The minimum absolute atomic E-state index is 0.0894. The largest absolute Gasteiger partial charge is 0.330 e. The van der Waals surface area contributed by atoms with Crippen LogP contribution >= 0.6 is 0 Å². The lowest BCUT2D eigenvalue weighted by atomic mass is 10.1. The lowest BCUT2D eigenvalue weighted by Gasteiger charge is -2.32. The van der Waals surface area contributed by atoms with E-state index in [2.05, 4.69) is 0 Å². The van der Waals surface area contributed by atoms with Crippen LogP contribution in [-0.2, 0) is 6.54 Å². The molecule has 0 saturated heterocycles. The molecule has 2 N–H and O–H groups in total. The summed E-state index contributed by atoms with van der Waals surface area (Å²) in [5.74, 6) is 0.478. The number of aromatic nitrogens is 3. The molecule has 7 nitrogen and oxygen atoms in total. The van der Waals surface area contributed by atoms with E-state index in [0.29, 0.717) is 49.4 Å².